The Bertz CT molecular complexity index is 1420. The molecule has 0 unspecified atom stereocenters. The highest BCUT2D eigenvalue weighted by Gasteiger charge is 2.33. The monoisotopic (exact) mass is 498 g/mol. The predicted octanol–water partition coefficient (Wildman–Crippen LogP) is 2.64. The first-order valence-electron chi connectivity index (χ1n) is 12.0. The van der Waals surface area contributed by atoms with Gasteiger partial charge in [-0.05, 0) is 62.3 Å². The molecule has 1 saturated heterocycles. The van der Waals surface area contributed by atoms with Gasteiger partial charge in [-0.3, -0.25) is 4.79 Å². The molecule has 1 aromatic carbocycles. The molecule has 0 radical (unpaired) electrons. The van der Waals surface area contributed by atoms with Crippen molar-refractivity contribution < 1.29 is 22.4 Å². The first-order chi connectivity index (χ1) is 17.0. The summed E-state index contributed by atoms with van der Waals surface area (Å²) in [5, 5.41) is 4.06. The third-order valence-corrected chi connectivity index (χ3v) is 8.87. The van der Waals surface area contributed by atoms with Crippen LogP contribution in [0, 0.1) is 0 Å². The van der Waals surface area contributed by atoms with Crippen molar-refractivity contribution in [2.45, 2.75) is 49.3 Å². The number of aryl methyl sites for hydroxylation is 2. The zero-order valence-electron chi connectivity index (χ0n) is 19.2. The number of nitrogens with zero attached hydrogens (tertiary/aromatic N) is 3. The first-order valence-corrected chi connectivity index (χ1v) is 13.4. The van der Waals surface area contributed by atoms with Gasteiger partial charge in [-0.1, -0.05) is 5.16 Å². The molecule has 11 heteroatoms. The Hall–Kier alpha value is -3.18. The van der Waals surface area contributed by atoms with E-state index < -0.39 is 10.0 Å². The number of sulfonamides is 1. The van der Waals surface area contributed by atoms with Crippen LogP contribution in [0.25, 0.3) is 11.4 Å². The second kappa shape index (κ2) is 8.80. The molecule has 2 aromatic heterocycles. The number of aromatic amines is 1. The summed E-state index contributed by atoms with van der Waals surface area (Å²) in [4.78, 5) is 20.3. The second-order valence-corrected chi connectivity index (χ2v) is 11.1. The van der Waals surface area contributed by atoms with Crippen molar-refractivity contribution in [3.05, 3.63) is 51.8 Å². The van der Waals surface area contributed by atoms with Crippen molar-refractivity contribution in [1.82, 2.24) is 19.4 Å². The molecule has 2 aliphatic heterocycles. The van der Waals surface area contributed by atoms with Crippen LogP contribution in [-0.2, 0) is 22.9 Å². The fraction of sp³-hybridized carbons (Fsp3) is 0.458. The van der Waals surface area contributed by atoms with Crippen LogP contribution in [0.1, 0.15) is 48.7 Å². The van der Waals surface area contributed by atoms with Gasteiger partial charge in [-0.2, -0.15) is 9.29 Å². The Kier molecular flexibility index (Phi) is 5.60. The number of aromatic nitrogens is 3. The minimum atomic E-state index is -3.67. The van der Waals surface area contributed by atoms with Gasteiger partial charge in [0.05, 0.1) is 10.5 Å². The predicted molar refractivity (Wildman–Crippen MR) is 125 cm³/mol. The van der Waals surface area contributed by atoms with E-state index in [-0.39, 0.29) is 22.2 Å². The number of rotatable bonds is 4. The van der Waals surface area contributed by atoms with Crippen LogP contribution < -0.4 is 15.0 Å². The highest BCUT2D eigenvalue weighted by Crippen LogP contribution is 2.35. The van der Waals surface area contributed by atoms with Gasteiger partial charge >= 0.3 is 0 Å². The Labute approximate surface area is 202 Å². The van der Waals surface area contributed by atoms with Gasteiger partial charge in [0, 0.05) is 30.8 Å². The molecule has 4 heterocycles. The number of ether oxygens (including phenoxy) is 2. The first kappa shape index (κ1) is 22.3. The SMILES string of the molecule is O=c1[nH]c2c(cc1-c1noc(C3CCN(S(=O)(=O)c4ccc5c(c4)OCCO5)CC3)n1)CCCC2. The lowest BCUT2D eigenvalue weighted by Crippen LogP contribution is -2.38. The quantitative estimate of drug-likeness (QED) is 0.582. The minimum absolute atomic E-state index is 0.0697. The Morgan fingerprint density at radius 2 is 1.77 bits per heavy atom. The van der Waals surface area contributed by atoms with E-state index >= 15 is 0 Å². The van der Waals surface area contributed by atoms with Crippen molar-refractivity contribution in [2.75, 3.05) is 26.3 Å². The number of hydrogen-bond acceptors (Lipinski definition) is 8. The molecule has 184 valence electrons. The molecular weight excluding hydrogens is 472 g/mol. The van der Waals surface area contributed by atoms with E-state index in [1.165, 1.54) is 10.4 Å². The maximum Gasteiger partial charge on any atom is 0.259 e. The van der Waals surface area contributed by atoms with Crippen molar-refractivity contribution >= 4 is 10.0 Å². The molecule has 0 atom stereocenters. The molecule has 0 bridgehead atoms. The van der Waals surface area contributed by atoms with E-state index in [9.17, 15) is 13.2 Å². The van der Waals surface area contributed by atoms with Gasteiger partial charge in [0.25, 0.3) is 5.56 Å². The minimum Gasteiger partial charge on any atom is -0.486 e. The van der Waals surface area contributed by atoms with E-state index in [1.807, 2.05) is 6.07 Å². The summed E-state index contributed by atoms with van der Waals surface area (Å²) >= 11 is 0. The molecule has 1 aliphatic carbocycles. The van der Waals surface area contributed by atoms with E-state index in [4.69, 9.17) is 14.0 Å². The lowest BCUT2D eigenvalue weighted by atomic mass is 9.95. The Morgan fingerprint density at radius 3 is 2.60 bits per heavy atom. The van der Waals surface area contributed by atoms with Gasteiger partial charge in [0.1, 0.15) is 13.2 Å². The summed E-state index contributed by atoms with van der Waals surface area (Å²) in [7, 11) is -3.67. The summed E-state index contributed by atoms with van der Waals surface area (Å²) in [5.41, 5.74) is 2.34. The van der Waals surface area contributed by atoms with Crippen molar-refractivity contribution in [3.63, 3.8) is 0 Å². The van der Waals surface area contributed by atoms with E-state index in [0.717, 1.165) is 36.9 Å². The third kappa shape index (κ3) is 4.12. The van der Waals surface area contributed by atoms with Gasteiger partial charge in [0.2, 0.25) is 21.7 Å². The van der Waals surface area contributed by atoms with Gasteiger partial charge < -0.3 is 19.0 Å². The molecule has 10 nitrogen and oxygen atoms in total. The summed E-state index contributed by atoms with van der Waals surface area (Å²) < 4.78 is 44.4. The molecule has 3 aliphatic rings. The Balaban J connectivity index is 1.16. The van der Waals surface area contributed by atoms with E-state index in [0.29, 0.717) is 62.1 Å². The summed E-state index contributed by atoms with van der Waals surface area (Å²) in [6.45, 7) is 1.51. The van der Waals surface area contributed by atoms with Crippen LogP contribution in [0.4, 0.5) is 0 Å². The number of benzene rings is 1. The van der Waals surface area contributed by atoms with Crippen LogP contribution in [0.15, 0.2) is 38.5 Å². The molecule has 6 rings (SSSR count). The Morgan fingerprint density at radius 1 is 1.00 bits per heavy atom. The van der Waals surface area contributed by atoms with Crippen LogP contribution >= 0.6 is 0 Å². The summed E-state index contributed by atoms with van der Waals surface area (Å²) in [5.74, 6) is 1.65. The lowest BCUT2D eigenvalue weighted by molar-refractivity contribution is 0.171. The largest absolute Gasteiger partial charge is 0.486 e. The van der Waals surface area contributed by atoms with Crippen molar-refractivity contribution in [3.8, 4) is 22.9 Å². The smallest absolute Gasteiger partial charge is 0.259 e. The molecule has 0 saturated carbocycles. The van der Waals surface area contributed by atoms with Crippen LogP contribution in [-0.4, -0.2) is 54.2 Å². The number of fused-ring (bicyclic) bond motifs is 2. The van der Waals surface area contributed by atoms with Crippen molar-refractivity contribution in [2.24, 2.45) is 0 Å². The molecule has 0 spiro atoms. The van der Waals surface area contributed by atoms with Gasteiger partial charge in [-0.15, -0.1) is 0 Å². The van der Waals surface area contributed by atoms with Crippen LogP contribution in [0.2, 0.25) is 0 Å². The highest BCUT2D eigenvalue weighted by atomic mass is 32.2. The topological polar surface area (TPSA) is 128 Å². The maximum absolute atomic E-state index is 13.2. The fourth-order valence-electron chi connectivity index (χ4n) is 5.03. The molecule has 1 fully saturated rings. The summed E-state index contributed by atoms with van der Waals surface area (Å²) in [6.07, 6.45) is 5.09. The number of hydrogen-bond donors (Lipinski definition) is 1. The van der Waals surface area contributed by atoms with Crippen LogP contribution in [0.5, 0.6) is 11.5 Å². The standard InChI is InChI=1S/C24H26N4O6S/c29-23-18(13-16-3-1-2-4-19(16)25-23)22-26-24(34-27-22)15-7-9-28(10-8-15)35(30,31)17-5-6-20-21(14-17)33-12-11-32-20/h5-6,13-15H,1-4,7-12H2,(H,25,29). The van der Waals surface area contributed by atoms with Gasteiger partial charge in [0.15, 0.2) is 11.5 Å². The molecule has 35 heavy (non-hydrogen) atoms. The normalized spacial score (nSPS) is 18.9. The van der Waals surface area contributed by atoms with Gasteiger partial charge in [-0.25, -0.2) is 8.42 Å². The average molecular weight is 499 g/mol. The van der Waals surface area contributed by atoms with Crippen molar-refractivity contribution in [1.29, 1.82) is 0 Å². The van der Waals surface area contributed by atoms with Crippen LogP contribution in [0.3, 0.4) is 0 Å². The molecule has 3 aromatic rings. The van der Waals surface area contributed by atoms with E-state index in [2.05, 4.69) is 15.1 Å². The average Bonchev–Trinajstić information content (AvgIpc) is 3.38. The number of H-pyrrole nitrogens is 1. The number of piperidine rings is 1. The molecular formula is C24H26N4O6S. The third-order valence-electron chi connectivity index (χ3n) is 6.98. The maximum atomic E-state index is 13.2. The number of pyridine rings is 1. The fourth-order valence-corrected chi connectivity index (χ4v) is 6.51. The zero-order chi connectivity index (χ0) is 24.0. The highest BCUT2D eigenvalue weighted by molar-refractivity contribution is 7.89. The lowest BCUT2D eigenvalue weighted by Gasteiger charge is -2.30. The molecule has 0 amide bonds. The van der Waals surface area contributed by atoms with E-state index in [1.54, 1.807) is 12.1 Å². The zero-order valence-corrected chi connectivity index (χ0v) is 20.0. The number of nitrogens with one attached hydrogen (secondary N) is 1. The molecule has 1 N–H and O–H groups in total. The second-order valence-electron chi connectivity index (χ2n) is 9.16. The summed E-state index contributed by atoms with van der Waals surface area (Å²) in [6, 6.07) is 6.59.